The molecule has 0 amide bonds. The van der Waals surface area contributed by atoms with Crippen molar-refractivity contribution in [2.24, 2.45) is 5.73 Å². The first-order valence-electron chi connectivity index (χ1n) is 6.40. The maximum absolute atomic E-state index is 13.0. The number of rotatable bonds is 2. The van der Waals surface area contributed by atoms with Crippen LogP contribution in [0.1, 0.15) is 22.1 Å². The summed E-state index contributed by atoms with van der Waals surface area (Å²) in [6.45, 7) is 0. The molecule has 1 aromatic carbocycles. The van der Waals surface area contributed by atoms with Crippen LogP contribution in [0.3, 0.4) is 0 Å². The second-order valence-corrected chi connectivity index (χ2v) is 6.20. The Hall–Kier alpha value is -1.99. The van der Waals surface area contributed by atoms with Crippen molar-refractivity contribution in [2.45, 2.75) is 12.3 Å². The van der Waals surface area contributed by atoms with E-state index in [1.165, 1.54) is 17.4 Å². The number of ether oxygens (including phenoxy) is 1. The highest BCUT2D eigenvalue weighted by atomic mass is 35.5. The van der Waals surface area contributed by atoms with Gasteiger partial charge in [-0.1, -0.05) is 23.7 Å². The second kappa shape index (κ2) is 5.58. The molecular weight excluding hydrogens is 351 g/mol. The number of Topliss-reactive ketones (excluding diaryl/α,β-unsaturated/α-hetero) is 1. The molecule has 0 aliphatic carbocycles. The van der Waals surface area contributed by atoms with Crippen molar-refractivity contribution in [3.8, 4) is 0 Å². The Bertz CT molecular complexity index is 800. The van der Waals surface area contributed by atoms with Crippen molar-refractivity contribution in [2.75, 3.05) is 0 Å². The normalized spacial score (nSPS) is 18.4. The highest BCUT2D eigenvalue weighted by Crippen LogP contribution is 2.41. The molecule has 2 N–H and O–H groups in total. The van der Waals surface area contributed by atoms with Gasteiger partial charge in [-0.15, -0.1) is 11.3 Å². The van der Waals surface area contributed by atoms with Gasteiger partial charge in [-0.3, -0.25) is 4.79 Å². The van der Waals surface area contributed by atoms with Gasteiger partial charge in [0.15, 0.2) is 12.0 Å². The van der Waals surface area contributed by atoms with Gasteiger partial charge < -0.3 is 10.5 Å². The lowest BCUT2D eigenvalue weighted by Crippen LogP contribution is -2.10. The maximum Gasteiger partial charge on any atom is 0.417 e. The van der Waals surface area contributed by atoms with Gasteiger partial charge in [-0.05, 0) is 29.1 Å². The minimum absolute atomic E-state index is 0.0308. The van der Waals surface area contributed by atoms with E-state index in [2.05, 4.69) is 0 Å². The lowest BCUT2D eigenvalue weighted by atomic mass is 9.98. The van der Waals surface area contributed by atoms with Crippen molar-refractivity contribution < 1.29 is 22.7 Å². The lowest BCUT2D eigenvalue weighted by Gasteiger charge is -2.11. The summed E-state index contributed by atoms with van der Waals surface area (Å²) in [6.07, 6.45) is -5.55. The van der Waals surface area contributed by atoms with Gasteiger partial charge in [0, 0.05) is 0 Å². The van der Waals surface area contributed by atoms with Gasteiger partial charge in [0.1, 0.15) is 0 Å². The van der Waals surface area contributed by atoms with E-state index in [-0.39, 0.29) is 17.0 Å². The average Bonchev–Trinajstić information content (AvgIpc) is 3.07. The average molecular weight is 360 g/mol. The molecule has 0 saturated heterocycles. The third-order valence-corrected chi connectivity index (χ3v) is 4.58. The minimum atomic E-state index is -4.63. The number of thiophene rings is 1. The Morgan fingerprint density at radius 3 is 2.61 bits per heavy atom. The Morgan fingerprint density at radius 1 is 1.26 bits per heavy atom. The summed E-state index contributed by atoms with van der Waals surface area (Å²) < 4.78 is 44.2. The van der Waals surface area contributed by atoms with Crippen LogP contribution in [0.15, 0.2) is 41.6 Å². The van der Waals surface area contributed by atoms with Crippen LogP contribution >= 0.6 is 22.9 Å². The zero-order valence-corrected chi connectivity index (χ0v) is 12.9. The van der Waals surface area contributed by atoms with Gasteiger partial charge in [0.05, 0.1) is 21.0 Å². The molecule has 1 unspecified atom stereocenters. The number of hydrogen-bond acceptors (Lipinski definition) is 4. The fourth-order valence-electron chi connectivity index (χ4n) is 2.30. The van der Waals surface area contributed by atoms with E-state index in [4.69, 9.17) is 22.1 Å². The van der Waals surface area contributed by atoms with Crippen LogP contribution in [0.5, 0.6) is 0 Å². The summed E-state index contributed by atoms with van der Waals surface area (Å²) in [5.74, 6) is -0.663. The van der Waals surface area contributed by atoms with Crippen LogP contribution in [-0.2, 0) is 15.7 Å². The number of ketones is 1. The van der Waals surface area contributed by atoms with Gasteiger partial charge in [0.25, 0.3) is 0 Å². The van der Waals surface area contributed by atoms with E-state index in [9.17, 15) is 18.0 Å². The molecule has 120 valence electrons. The standard InChI is InChI=1S/C15H9ClF3NO2S/c16-9-4-3-7(6-8(9)15(17,18)19)11-12(21)13(22-14(11)20)10-2-1-5-23-10/h1-6,13H,20H2. The Morgan fingerprint density at radius 2 is 2.00 bits per heavy atom. The zero-order valence-electron chi connectivity index (χ0n) is 11.4. The molecule has 8 heteroatoms. The number of carbonyl (C=O) groups excluding carboxylic acids is 1. The first kappa shape index (κ1) is 15.9. The number of halogens is 4. The van der Waals surface area contributed by atoms with Crippen LogP contribution in [0.25, 0.3) is 5.57 Å². The van der Waals surface area contributed by atoms with Crippen LogP contribution < -0.4 is 5.73 Å². The largest absolute Gasteiger partial charge is 0.461 e. The molecule has 1 aliphatic rings. The number of nitrogens with two attached hydrogens (primary N) is 1. The molecule has 0 saturated carbocycles. The number of alkyl halides is 3. The predicted octanol–water partition coefficient (Wildman–Crippen LogP) is 4.39. The molecule has 0 radical (unpaired) electrons. The summed E-state index contributed by atoms with van der Waals surface area (Å²) in [4.78, 5) is 13.1. The van der Waals surface area contributed by atoms with Gasteiger partial charge in [-0.25, -0.2) is 0 Å². The summed E-state index contributed by atoms with van der Waals surface area (Å²) in [6, 6.07) is 6.66. The van der Waals surface area contributed by atoms with Crippen molar-refractivity contribution in [1.29, 1.82) is 0 Å². The molecule has 23 heavy (non-hydrogen) atoms. The smallest absolute Gasteiger partial charge is 0.417 e. The molecular formula is C15H9ClF3NO2S. The molecule has 1 aliphatic heterocycles. The van der Waals surface area contributed by atoms with Gasteiger partial charge in [0.2, 0.25) is 5.78 Å². The van der Waals surface area contributed by atoms with Crippen molar-refractivity contribution >= 4 is 34.3 Å². The summed E-state index contributed by atoms with van der Waals surface area (Å²) in [7, 11) is 0. The van der Waals surface area contributed by atoms with Gasteiger partial charge in [-0.2, -0.15) is 13.2 Å². The first-order chi connectivity index (χ1) is 10.8. The third kappa shape index (κ3) is 2.82. The van der Waals surface area contributed by atoms with Crippen molar-refractivity contribution in [3.63, 3.8) is 0 Å². The van der Waals surface area contributed by atoms with E-state index in [0.29, 0.717) is 4.88 Å². The van der Waals surface area contributed by atoms with E-state index < -0.39 is 28.6 Å². The monoisotopic (exact) mass is 359 g/mol. The highest BCUT2D eigenvalue weighted by molar-refractivity contribution is 7.10. The van der Waals surface area contributed by atoms with E-state index in [1.54, 1.807) is 17.5 Å². The SMILES string of the molecule is NC1=C(c2ccc(Cl)c(C(F)(F)F)c2)C(=O)C(c2cccs2)O1. The van der Waals surface area contributed by atoms with Crippen LogP contribution in [-0.4, -0.2) is 5.78 Å². The number of hydrogen-bond donors (Lipinski definition) is 1. The molecule has 3 nitrogen and oxygen atoms in total. The first-order valence-corrected chi connectivity index (χ1v) is 7.66. The summed E-state index contributed by atoms with van der Waals surface area (Å²) in [5.41, 5.74) is 4.66. The molecule has 1 aromatic heterocycles. The number of benzene rings is 1. The molecule has 2 aromatic rings. The molecule has 3 rings (SSSR count). The fraction of sp³-hybridized carbons (Fsp3) is 0.133. The zero-order chi connectivity index (χ0) is 16.8. The molecule has 0 spiro atoms. The summed E-state index contributed by atoms with van der Waals surface area (Å²) >= 11 is 6.89. The quantitative estimate of drug-likeness (QED) is 0.865. The highest BCUT2D eigenvalue weighted by Gasteiger charge is 2.39. The minimum Gasteiger partial charge on any atom is -0.461 e. The third-order valence-electron chi connectivity index (χ3n) is 3.34. The Kier molecular flexibility index (Phi) is 3.85. The van der Waals surface area contributed by atoms with Crippen LogP contribution in [0, 0.1) is 0 Å². The van der Waals surface area contributed by atoms with E-state index in [0.717, 1.165) is 12.1 Å². The van der Waals surface area contributed by atoms with Crippen molar-refractivity contribution in [1.82, 2.24) is 0 Å². The molecule has 0 fully saturated rings. The second-order valence-electron chi connectivity index (χ2n) is 4.81. The Balaban J connectivity index is 2.02. The molecule has 2 heterocycles. The van der Waals surface area contributed by atoms with E-state index >= 15 is 0 Å². The van der Waals surface area contributed by atoms with Crippen molar-refractivity contribution in [3.05, 3.63) is 62.6 Å². The lowest BCUT2D eigenvalue weighted by molar-refractivity contribution is -0.137. The fourth-order valence-corrected chi connectivity index (χ4v) is 3.28. The summed E-state index contributed by atoms with van der Waals surface area (Å²) in [5, 5.41) is 1.33. The molecule has 0 bridgehead atoms. The van der Waals surface area contributed by atoms with Crippen LogP contribution in [0.2, 0.25) is 5.02 Å². The van der Waals surface area contributed by atoms with Gasteiger partial charge >= 0.3 is 6.18 Å². The number of carbonyl (C=O) groups is 1. The topological polar surface area (TPSA) is 52.3 Å². The maximum atomic E-state index is 13.0. The van der Waals surface area contributed by atoms with E-state index in [1.807, 2.05) is 0 Å². The predicted molar refractivity (Wildman–Crippen MR) is 80.7 cm³/mol. The Labute approximate surface area is 138 Å². The molecule has 1 atom stereocenters. The van der Waals surface area contributed by atoms with Crippen LogP contribution in [0.4, 0.5) is 13.2 Å².